The Kier molecular flexibility index (Phi) is 9.51. The molecule has 2 atom stereocenters. The zero-order valence-corrected chi connectivity index (χ0v) is 20.9. The number of halogens is 2. The van der Waals surface area contributed by atoms with Crippen LogP contribution in [0.4, 0.5) is 0 Å². The van der Waals surface area contributed by atoms with Crippen LogP contribution in [0, 0.1) is 0 Å². The van der Waals surface area contributed by atoms with E-state index in [0.717, 1.165) is 0 Å². The average molecular weight is 521 g/mol. The van der Waals surface area contributed by atoms with Gasteiger partial charge in [-0.05, 0) is 34.1 Å². The molecule has 6 rings (SSSR count). The van der Waals surface area contributed by atoms with E-state index >= 15 is 0 Å². The van der Waals surface area contributed by atoms with E-state index in [4.69, 9.17) is 0 Å². The van der Waals surface area contributed by atoms with Crippen LogP contribution >= 0.6 is 0 Å². The van der Waals surface area contributed by atoms with Crippen molar-refractivity contribution in [3.8, 4) is 0 Å². The normalized spacial score (nSPS) is 16.6. The van der Waals surface area contributed by atoms with Gasteiger partial charge in [0.1, 0.15) is 0 Å². The third-order valence-electron chi connectivity index (χ3n) is 5.69. The minimum absolute atomic E-state index is 0. The first-order valence-corrected chi connectivity index (χ1v) is 9.87. The molecule has 0 aliphatic heterocycles. The Morgan fingerprint density at radius 3 is 1.23 bits per heavy atom. The largest absolute Gasteiger partial charge is 2.00 e. The third-order valence-corrected chi connectivity index (χ3v) is 5.69. The van der Waals surface area contributed by atoms with Crippen LogP contribution in [0.5, 0.6) is 0 Å². The molecule has 0 saturated heterocycles. The Morgan fingerprint density at radius 1 is 0.484 bits per heavy atom. The third kappa shape index (κ3) is 5.29. The zero-order valence-electron chi connectivity index (χ0n) is 17.0. The summed E-state index contributed by atoms with van der Waals surface area (Å²) in [4.78, 5) is 0. The van der Waals surface area contributed by atoms with E-state index < -0.39 is 0 Å². The predicted molar refractivity (Wildman–Crippen MR) is 119 cm³/mol. The molecule has 154 valence electrons. The Morgan fingerprint density at radius 2 is 0.839 bits per heavy atom. The van der Waals surface area contributed by atoms with Crippen molar-refractivity contribution in [3.05, 3.63) is 143 Å². The molecule has 2 unspecified atom stereocenters. The summed E-state index contributed by atoms with van der Waals surface area (Å²) in [6, 6.07) is 34.4. The van der Waals surface area contributed by atoms with Crippen LogP contribution in [0.15, 0.2) is 109 Å². The molecule has 0 fully saturated rings. The summed E-state index contributed by atoms with van der Waals surface area (Å²) in [5, 5.41) is 0. The van der Waals surface area contributed by atoms with Crippen molar-refractivity contribution >= 4 is 12.2 Å². The molecular weight excluding hydrogens is 498 g/mol. The van der Waals surface area contributed by atoms with Gasteiger partial charge in [-0.2, -0.15) is 24.3 Å². The fraction of sp³-hybridized carbons (Fsp3) is 0.0714. The number of hydrogen-bond donors (Lipinski definition) is 0. The number of allylic oxidation sites excluding steroid dienone is 2. The van der Waals surface area contributed by atoms with Crippen LogP contribution in [0.1, 0.15) is 45.2 Å². The molecule has 2 aliphatic carbocycles. The summed E-state index contributed by atoms with van der Waals surface area (Å²) in [5.74, 6) is 0.947. The van der Waals surface area contributed by atoms with E-state index in [1.165, 1.54) is 33.4 Å². The smallest absolute Gasteiger partial charge is 1.00 e. The quantitative estimate of drug-likeness (QED) is 0.348. The molecule has 0 nitrogen and oxygen atoms in total. The molecule has 31 heavy (non-hydrogen) atoms. The molecule has 0 amide bonds. The number of fused-ring (bicyclic) bond motifs is 2. The summed E-state index contributed by atoms with van der Waals surface area (Å²) in [7, 11) is 0. The number of hydrogen-bond acceptors (Lipinski definition) is 0. The van der Waals surface area contributed by atoms with Crippen molar-refractivity contribution in [3.63, 3.8) is 0 Å². The van der Waals surface area contributed by atoms with E-state index in [9.17, 15) is 0 Å². The van der Waals surface area contributed by atoms with Gasteiger partial charge in [-0.1, -0.05) is 72.8 Å². The SMILES string of the molecule is C1=CC([c-]2cccc2)c2ccccc21.C1=CC([c-]2cccc2)c2ccccc21.[Cl-].[Cl-].[Zr+2]. The van der Waals surface area contributed by atoms with Crippen molar-refractivity contribution in [2.24, 2.45) is 0 Å². The van der Waals surface area contributed by atoms with E-state index in [1.807, 2.05) is 0 Å². The summed E-state index contributed by atoms with van der Waals surface area (Å²) in [6.07, 6.45) is 8.99. The second-order valence-electron chi connectivity index (χ2n) is 7.37. The van der Waals surface area contributed by atoms with Gasteiger partial charge in [0.05, 0.1) is 0 Å². The molecule has 0 bridgehead atoms. The fourth-order valence-electron chi connectivity index (χ4n) is 4.27. The molecule has 4 aromatic carbocycles. The van der Waals surface area contributed by atoms with Crippen molar-refractivity contribution in [1.29, 1.82) is 0 Å². The molecule has 4 aromatic rings. The Balaban J connectivity index is 0.000000201. The topological polar surface area (TPSA) is 0 Å². The minimum atomic E-state index is 0. The predicted octanol–water partition coefficient (Wildman–Crippen LogP) is 1.13. The monoisotopic (exact) mass is 518 g/mol. The van der Waals surface area contributed by atoms with Crippen LogP contribution in [-0.2, 0) is 26.2 Å². The second-order valence-corrected chi connectivity index (χ2v) is 7.37. The van der Waals surface area contributed by atoms with Crippen LogP contribution in [0.25, 0.3) is 12.2 Å². The Hall–Kier alpha value is -1.92. The molecule has 0 saturated carbocycles. The van der Waals surface area contributed by atoms with Gasteiger partial charge < -0.3 is 24.8 Å². The number of rotatable bonds is 2. The standard InChI is InChI=1S/2C14H11.2ClH.Zr/c2*1-2-6-11(5-1)14-10-9-12-7-3-4-8-13(12)14;;;/h2*1-10,14H;2*1H;/q2*-1;;;+2/p-2. The van der Waals surface area contributed by atoms with Crippen LogP contribution in [-0.4, -0.2) is 0 Å². The Labute approximate surface area is 216 Å². The van der Waals surface area contributed by atoms with Gasteiger partial charge in [0.25, 0.3) is 0 Å². The van der Waals surface area contributed by atoms with Gasteiger partial charge in [0.15, 0.2) is 0 Å². The van der Waals surface area contributed by atoms with Gasteiger partial charge >= 0.3 is 26.2 Å². The maximum absolute atomic E-state index is 2.28. The van der Waals surface area contributed by atoms with E-state index in [-0.39, 0.29) is 51.0 Å². The van der Waals surface area contributed by atoms with Gasteiger partial charge in [-0.3, -0.25) is 0 Å². The van der Waals surface area contributed by atoms with Crippen molar-refractivity contribution < 1.29 is 51.0 Å². The second kappa shape index (κ2) is 11.6. The van der Waals surface area contributed by atoms with Crippen molar-refractivity contribution in [1.82, 2.24) is 0 Å². The molecule has 0 radical (unpaired) electrons. The molecule has 0 heterocycles. The molecule has 2 aliphatic rings. The zero-order chi connectivity index (χ0) is 18.8. The summed E-state index contributed by atoms with van der Waals surface area (Å²) >= 11 is 0. The maximum Gasteiger partial charge on any atom is 2.00 e. The van der Waals surface area contributed by atoms with E-state index in [1.54, 1.807) is 0 Å². The van der Waals surface area contributed by atoms with Gasteiger partial charge in [0.2, 0.25) is 0 Å². The van der Waals surface area contributed by atoms with Gasteiger partial charge in [-0.15, -0.1) is 11.1 Å². The summed E-state index contributed by atoms with van der Waals surface area (Å²) in [5.41, 5.74) is 8.37. The van der Waals surface area contributed by atoms with E-state index in [0.29, 0.717) is 11.8 Å². The number of benzene rings is 2. The Bertz CT molecular complexity index is 1030. The molecule has 3 heteroatoms. The molecule has 0 spiro atoms. The first kappa shape index (κ1) is 25.3. The van der Waals surface area contributed by atoms with Crippen LogP contribution < -0.4 is 24.8 Å². The van der Waals surface area contributed by atoms with Crippen LogP contribution in [0.2, 0.25) is 0 Å². The summed E-state index contributed by atoms with van der Waals surface area (Å²) < 4.78 is 0. The first-order valence-electron chi connectivity index (χ1n) is 9.87. The van der Waals surface area contributed by atoms with Crippen LogP contribution in [0.3, 0.4) is 0 Å². The minimum Gasteiger partial charge on any atom is -1.00 e. The van der Waals surface area contributed by atoms with E-state index in [2.05, 4.69) is 121 Å². The van der Waals surface area contributed by atoms with Crippen molar-refractivity contribution in [2.75, 3.05) is 0 Å². The molecule has 0 aromatic heterocycles. The summed E-state index contributed by atoms with van der Waals surface area (Å²) in [6.45, 7) is 0. The molecule has 0 N–H and O–H groups in total. The molecular formula is C28H22Cl2Zr-2. The van der Waals surface area contributed by atoms with Crippen molar-refractivity contribution in [2.45, 2.75) is 11.8 Å². The van der Waals surface area contributed by atoms with Gasteiger partial charge in [0, 0.05) is 0 Å². The van der Waals surface area contributed by atoms with Gasteiger partial charge in [-0.25, -0.2) is 24.3 Å². The fourth-order valence-corrected chi connectivity index (χ4v) is 4.27. The maximum atomic E-state index is 2.28. The first-order chi connectivity index (χ1) is 13.9. The average Bonchev–Trinajstić information content (AvgIpc) is 3.54.